The number of hydrogen-bond donors (Lipinski definition) is 2. The first-order valence-corrected chi connectivity index (χ1v) is 2.09. The fraction of sp³-hybridized carbons (Fsp3) is 1.00. The molecule has 5 N–H and O–H groups in total. The maximum Gasteiger partial charge on any atom is 0.189 e. The van der Waals surface area contributed by atoms with Gasteiger partial charge in [-0.1, -0.05) is 23.2 Å². The molecule has 0 aromatic rings. The predicted molar refractivity (Wildman–Crippen MR) is 29.3 cm³/mol. The van der Waals surface area contributed by atoms with Gasteiger partial charge in [-0.25, -0.2) is 0 Å². The summed E-state index contributed by atoms with van der Waals surface area (Å²) in [6.45, 7) is -0.421. The summed E-state index contributed by atoms with van der Waals surface area (Å²) in [7, 11) is 0. The van der Waals surface area contributed by atoms with Crippen LogP contribution in [0.4, 0.5) is 0 Å². The van der Waals surface area contributed by atoms with Gasteiger partial charge in [-0.3, -0.25) is 5.73 Å². The van der Waals surface area contributed by atoms with Crippen LogP contribution in [-0.2, 0) is 0 Å². The zero-order valence-electron chi connectivity index (χ0n) is 3.49. The molecule has 0 aliphatic rings. The van der Waals surface area contributed by atoms with E-state index in [0.717, 1.165) is 0 Å². The molecular weight excluding hydrogens is 141 g/mol. The molecule has 0 spiro atoms. The Bertz CT molecular complexity index is 43.4. The molecule has 0 saturated heterocycles. The lowest BCUT2D eigenvalue weighted by atomic mass is 10.7. The molecule has 0 bridgehead atoms. The monoisotopic (exact) mass is 147 g/mol. The first-order chi connectivity index (χ1) is 2.56. The maximum absolute atomic E-state index is 8.01. The fourth-order valence-corrected chi connectivity index (χ4v) is 0. The highest BCUT2D eigenvalue weighted by Crippen LogP contribution is 2.09. The molecular formula is C2H7Cl2NO2. The molecule has 0 aromatic heterocycles. The van der Waals surface area contributed by atoms with E-state index in [-0.39, 0.29) is 5.48 Å². The van der Waals surface area contributed by atoms with Gasteiger partial charge in [0.2, 0.25) is 0 Å². The molecule has 0 heterocycles. The van der Waals surface area contributed by atoms with Crippen LogP contribution in [0.3, 0.4) is 0 Å². The predicted octanol–water partition coefficient (Wildman–Crippen LogP) is -0.756. The standard InChI is InChI=1S/C2H5Cl2NO.H2O/c3-2(4,5)1-6;/h6H,1,5H2;1H2. The van der Waals surface area contributed by atoms with Gasteiger partial charge in [0.05, 0.1) is 6.61 Å². The van der Waals surface area contributed by atoms with Crippen molar-refractivity contribution in [1.82, 2.24) is 0 Å². The van der Waals surface area contributed by atoms with E-state index < -0.39 is 11.1 Å². The van der Waals surface area contributed by atoms with Crippen molar-refractivity contribution in [1.29, 1.82) is 0 Å². The van der Waals surface area contributed by atoms with Crippen molar-refractivity contribution in [3.63, 3.8) is 0 Å². The van der Waals surface area contributed by atoms with Crippen LogP contribution < -0.4 is 5.73 Å². The summed E-state index contributed by atoms with van der Waals surface area (Å²) in [4.78, 5) is 0. The molecule has 0 aliphatic heterocycles. The van der Waals surface area contributed by atoms with Crippen molar-refractivity contribution in [2.75, 3.05) is 6.61 Å². The van der Waals surface area contributed by atoms with E-state index in [0.29, 0.717) is 0 Å². The molecule has 0 aromatic carbocycles. The van der Waals surface area contributed by atoms with Gasteiger partial charge in [-0.2, -0.15) is 0 Å². The van der Waals surface area contributed by atoms with Crippen LogP contribution in [-0.4, -0.2) is 21.6 Å². The van der Waals surface area contributed by atoms with E-state index in [1.807, 2.05) is 0 Å². The van der Waals surface area contributed by atoms with Gasteiger partial charge in [0.25, 0.3) is 0 Å². The molecule has 3 nitrogen and oxygen atoms in total. The van der Waals surface area contributed by atoms with Crippen molar-refractivity contribution in [2.45, 2.75) is 4.46 Å². The second kappa shape index (κ2) is 3.46. The van der Waals surface area contributed by atoms with E-state index in [9.17, 15) is 0 Å². The minimum atomic E-state index is -1.46. The molecule has 5 heteroatoms. The van der Waals surface area contributed by atoms with E-state index in [4.69, 9.17) is 34.0 Å². The largest absolute Gasteiger partial charge is 0.412 e. The summed E-state index contributed by atoms with van der Waals surface area (Å²) in [5.74, 6) is 0. The molecule has 0 fully saturated rings. The molecule has 0 amide bonds. The Hall–Kier alpha value is 0.460. The lowest BCUT2D eigenvalue weighted by molar-refractivity contribution is 0.281. The maximum atomic E-state index is 8.01. The zero-order chi connectivity index (χ0) is 5.21. The van der Waals surface area contributed by atoms with E-state index in [1.165, 1.54) is 0 Å². The highest BCUT2D eigenvalue weighted by molar-refractivity contribution is 6.47. The molecule has 7 heavy (non-hydrogen) atoms. The first-order valence-electron chi connectivity index (χ1n) is 1.34. The molecule has 46 valence electrons. The van der Waals surface area contributed by atoms with Crippen molar-refractivity contribution in [3.05, 3.63) is 0 Å². The van der Waals surface area contributed by atoms with Gasteiger partial charge in [0.1, 0.15) is 0 Å². The van der Waals surface area contributed by atoms with E-state index in [1.54, 1.807) is 0 Å². The van der Waals surface area contributed by atoms with Gasteiger partial charge < -0.3 is 10.6 Å². The molecule has 0 rings (SSSR count). The van der Waals surface area contributed by atoms with Crippen molar-refractivity contribution < 1.29 is 10.6 Å². The van der Waals surface area contributed by atoms with Crippen LogP contribution in [0.5, 0.6) is 0 Å². The van der Waals surface area contributed by atoms with Gasteiger partial charge in [0.15, 0.2) is 4.46 Å². The summed E-state index contributed by atoms with van der Waals surface area (Å²) in [6.07, 6.45) is 0. The third-order valence-corrected chi connectivity index (χ3v) is 0.450. The van der Waals surface area contributed by atoms with Crippen LogP contribution in [0.25, 0.3) is 0 Å². The van der Waals surface area contributed by atoms with Crippen LogP contribution in [0.15, 0.2) is 0 Å². The fourth-order valence-electron chi connectivity index (χ4n) is 0. The molecule has 0 saturated carbocycles. The third-order valence-electron chi connectivity index (χ3n) is 0.211. The highest BCUT2D eigenvalue weighted by Gasteiger charge is 2.12. The summed E-state index contributed by atoms with van der Waals surface area (Å²) >= 11 is 10.0. The molecule has 0 unspecified atom stereocenters. The van der Waals surface area contributed by atoms with Crippen molar-refractivity contribution in [3.8, 4) is 0 Å². The number of alkyl halides is 2. The summed E-state index contributed by atoms with van der Waals surface area (Å²) in [5, 5.41) is 8.01. The summed E-state index contributed by atoms with van der Waals surface area (Å²) in [5.41, 5.74) is 4.82. The minimum Gasteiger partial charge on any atom is -0.412 e. The number of aliphatic hydroxyl groups is 1. The summed E-state index contributed by atoms with van der Waals surface area (Å²) < 4.78 is -1.46. The average Bonchev–Trinajstić information content (AvgIpc) is 1.35. The lowest BCUT2D eigenvalue weighted by Gasteiger charge is -2.05. The van der Waals surface area contributed by atoms with Gasteiger partial charge in [-0.15, -0.1) is 0 Å². The Morgan fingerprint density at radius 1 is 1.57 bits per heavy atom. The number of aliphatic hydroxyl groups excluding tert-OH is 1. The molecule has 0 aliphatic carbocycles. The van der Waals surface area contributed by atoms with Gasteiger partial charge in [-0.05, 0) is 0 Å². The van der Waals surface area contributed by atoms with Crippen molar-refractivity contribution >= 4 is 23.2 Å². The Morgan fingerprint density at radius 3 is 1.71 bits per heavy atom. The number of hydrogen-bond acceptors (Lipinski definition) is 2. The topological polar surface area (TPSA) is 77.8 Å². The minimum absolute atomic E-state index is 0. The quantitative estimate of drug-likeness (QED) is 0.378. The molecule has 0 radical (unpaired) electrons. The highest BCUT2D eigenvalue weighted by atomic mass is 35.5. The van der Waals surface area contributed by atoms with E-state index >= 15 is 0 Å². The van der Waals surface area contributed by atoms with Crippen LogP contribution in [0.2, 0.25) is 0 Å². The van der Waals surface area contributed by atoms with Crippen LogP contribution in [0, 0.1) is 0 Å². The number of nitrogens with two attached hydrogens (primary N) is 1. The van der Waals surface area contributed by atoms with Crippen LogP contribution in [0.1, 0.15) is 0 Å². The smallest absolute Gasteiger partial charge is 0.189 e. The normalized spacial score (nSPS) is 10.3. The zero-order valence-corrected chi connectivity index (χ0v) is 5.00. The Kier molecular flexibility index (Phi) is 5.16. The Labute approximate surface area is 51.3 Å². The average molecular weight is 148 g/mol. The summed E-state index contributed by atoms with van der Waals surface area (Å²) in [6, 6.07) is 0. The number of rotatable bonds is 1. The SMILES string of the molecule is NC(Cl)(Cl)CO.O. The Morgan fingerprint density at radius 2 is 1.71 bits per heavy atom. The third kappa shape index (κ3) is 10.7. The van der Waals surface area contributed by atoms with Crippen LogP contribution >= 0.6 is 23.2 Å². The lowest BCUT2D eigenvalue weighted by Crippen LogP contribution is -2.29. The van der Waals surface area contributed by atoms with E-state index in [2.05, 4.69) is 0 Å². The second-order valence-corrected chi connectivity index (χ2v) is 2.46. The molecule has 0 atom stereocenters. The van der Waals surface area contributed by atoms with Gasteiger partial charge >= 0.3 is 0 Å². The second-order valence-electron chi connectivity index (χ2n) is 0.919. The Balaban J connectivity index is 0. The first kappa shape index (κ1) is 10.4. The van der Waals surface area contributed by atoms with Gasteiger partial charge in [0, 0.05) is 0 Å². The van der Waals surface area contributed by atoms with Crippen molar-refractivity contribution in [2.24, 2.45) is 5.73 Å². The number of halogens is 2.